The van der Waals surface area contributed by atoms with Crippen LogP contribution in [0.1, 0.15) is 27.7 Å². The molecule has 2 rings (SSSR count). The molecule has 1 saturated carbocycles. The topological polar surface area (TPSA) is 29.6 Å². The van der Waals surface area contributed by atoms with Crippen molar-refractivity contribution < 1.29 is 9.53 Å². The summed E-state index contributed by atoms with van der Waals surface area (Å²) in [7, 11) is 0. The molecule has 1 aliphatic carbocycles. The predicted molar refractivity (Wildman–Crippen MR) is 41.2 cm³/mol. The fourth-order valence-electron chi connectivity index (χ4n) is 2.36. The fourth-order valence-corrected chi connectivity index (χ4v) is 2.36. The first-order chi connectivity index (χ1) is 4.93. The maximum absolute atomic E-state index is 11.6. The number of fused-ring (bicyclic) bond motifs is 1. The second-order valence-corrected chi connectivity index (χ2v) is 4.18. The highest BCUT2D eigenvalue weighted by molar-refractivity contribution is 5.96. The quantitative estimate of drug-likeness (QED) is 0.493. The summed E-state index contributed by atoms with van der Waals surface area (Å²) in [6.45, 7) is 8.05. The standard InChI is InChI=1S/C9H14O2/c1-5-6(2)8(3)9(4,11-8)7(5)10/h5-6H,1-4H3/t5-,6+,8?,9?/m0/s1. The second kappa shape index (κ2) is 1.53. The molecule has 0 bridgehead atoms. The normalized spacial score (nSPS) is 61.3. The lowest BCUT2D eigenvalue weighted by molar-refractivity contribution is -0.127. The number of Topliss-reactive ketones (excluding diaryl/α,β-unsaturated/α-hetero) is 1. The average Bonchev–Trinajstić information content (AvgIpc) is 2.49. The Hall–Kier alpha value is -0.370. The van der Waals surface area contributed by atoms with Gasteiger partial charge in [0.1, 0.15) is 5.60 Å². The van der Waals surface area contributed by atoms with Gasteiger partial charge in [-0.1, -0.05) is 13.8 Å². The number of epoxide rings is 1. The highest BCUT2D eigenvalue weighted by atomic mass is 16.6. The van der Waals surface area contributed by atoms with Gasteiger partial charge in [0.05, 0.1) is 0 Å². The van der Waals surface area contributed by atoms with Gasteiger partial charge in [-0.25, -0.2) is 0 Å². The molecule has 0 aromatic carbocycles. The van der Waals surface area contributed by atoms with Crippen molar-refractivity contribution in [3.63, 3.8) is 0 Å². The Labute approximate surface area is 66.9 Å². The van der Waals surface area contributed by atoms with Gasteiger partial charge in [-0.2, -0.15) is 0 Å². The van der Waals surface area contributed by atoms with E-state index in [0.29, 0.717) is 5.92 Å². The van der Waals surface area contributed by atoms with E-state index in [2.05, 4.69) is 6.92 Å². The van der Waals surface area contributed by atoms with Gasteiger partial charge in [0.25, 0.3) is 0 Å². The lowest BCUT2D eigenvalue weighted by atomic mass is 9.91. The third-order valence-corrected chi connectivity index (χ3v) is 3.82. The third kappa shape index (κ3) is 0.527. The Kier molecular flexibility index (Phi) is 1.02. The number of ether oxygens (including phenoxy) is 1. The first-order valence-electron chi connectivity index (χ1n) is 4.18. The molecule has 4 atom stereocenters. The van der Waals surface area contributed by atoms with E-state index < -0.39 is 5.60 Å². The fraction of sp³-hybridized carbons (Fsp3) is 0.889. The number of carbonyl (C=O) groups excluding carboxylic acids is 1. The zero-order valence-corrected chi connectivity index (χ0v) is 7.47. The van der Waals surface area contributed by atoms with E-state index in [-0.39, 0.29) is 17.3 Å². The van der Waals surface area contributed by atoms with Gasteiger partial charge in [0, 0.05) is 5.92 Å². The molecule has 0 spiro atoms. The summed E-state index contributed by atoms with van der Waals surface area (Å²) in [6.07, 6.45) is 0. The molecule has 1 saturated heterocycles. The van der Waals surface area contributed by atoms with Crippen LogP contribution in [0.15, 0.2) is 0 Å². The highest BCUT2D eigenvalue weighted by Crippen LogP contribution is 2.61. The smallest absolute Gasteiger partial charge is 0.170 e. The lowest BCUT2D eigenvalue weighted by Crippen LogP contribution is -2.22. The Balaban J connectivity index is 2.41. The summed E-state index contributed by atoms with van der Waals surface area (Å²) in [6, 6.07) is 0. The first kappa shape index (κ1) is 7.29. The van der Waals surface area contributed by atoms with Crippen LogP contribution in [0.4, 0.5) is 0 Å². The Bertz CT molecular complexity index is 236. The van der Waals surface area contributed by atoms with Crippen molar-refractivity contribution in [3.8, 4) is 0 Å². The molecule has 0 amide bonds. The van der Waals surface area contributed by atoms with Crippen molar-refractivity contribution in [2.45, 2.75) is 38.9 Å². The number of ketones is 1. The van der Waals surface area contributed by atoms with Crippen LogP contribution in [0.5, 0.6) is 0 Å². The van der Waals surface area contributed by atoms with Crippen molar-refractivity contribution in [1.82, 2.24) is 0 Å². The minimum atomic E-state index is -0.439. The van der Waals surface area contributed by atoms with Crippen molar-refractivity contribution in [2.75, 3.05) is 0 Å². The predicted octanol–water partition coefficient (Wildman–Crippen LogP) is 1.39. The number of hydrogen-bond acceptors (Lipinski definition) is 2. The van der Waals surface area contributed by atoms with E-state index in [0.717, 1.165) is 0 Å². The van der Waals surface area contributed by atoms with Crippen molar-refractivity contribution in [3.05, 3.63) is 0 Å². The van der Waals surface area contributed by atoms with Crippen LogP contribution < -0.4 is 0 Å². The van der Waals surface area contributed by atoms with Crippen LogP contribution in [-0.2, 0) is 9.53 Å². The summed E-state index contributed by atoms with van der Waals surface area (Å²) in [5.74, 6) is 0.839. The van der Waals surface area contributed by atoms with E-state index in [9.17, 15) is 4.79 Å². The summed E-state index contributed by atoms with van der Waals surface area (Å²) in [4.78, 5) is 11.6. The van der Waals surface area contributed by atoms with Gasteiger partial charge < -0.3 is 4.74 Å². The van der Waals surface area contributed by atoms with Crippen molar-refractivity contribution >= 4 is 5.78 Å². The molecule has 0 N–H and O–H groups in total. The van der Waals surface area contributed by atoms with Crippen LogP contribution in [0.3, 0.4) is 0 Å². The zero-order valence-electron chi connectivity index (χ0n) is 7.47. The molecule has 0 aromatic heterocycles. The molecule has 0 aromatic rings. The summed E-state index contributed by atoms with van der Waals surface area (Å²) >= 11 is 0. The van der Waals surface area contributed by atoms with Crippen LogP contribution in [0.25, 0.3) is 0 Å². The van der Waals surface area contributed by atoms with E-state index in [1.54, 1.807) is 0 Å². The molecule has 2 unspecified atom stereocenters. The van der Waals surface area contributed by atoms with Crippen molar-refractivity contribution in [2.24, 2.45) is 11.8 Å². The molecule has 2 heteroatoms. The minimum absolute atomic E-state index is 0.149. The van der Waals surface area contributed by atoms with E-state index in [4.69, 9.17) is 4.74 Å². The van der Waals surface area contributed by atoms with Crippen molar-refractivity contribution in [1.29, 1.82) is 0 Å². The van der Waals surface area contributed by atoms with E-state index in [1.165, 1.54) is 0 Å². The van der Waals surface area contributed by atoms with Crippen LogP contribution in [-0.4, -0.2) is 17.0 Å². The Morgan fingerprint density at radius 3 is 2.09 bits per heavy atom. The molecule has 1 heterocycles. The van der Waals surface area contributed by atoms with Gasteiger partial charge >= 0.3 is 0 Å². The molecule has 1 aliphatic heterocycles. The molecule has 2 nitrogen and oxygen atoms in total. The molecule has 2 aliphatic rings. The Morgan fingerprint density at radius 1 is 1.36 bits per heavy atom. The minimum Gasteiger partial charge on any atom is -0.354 e. The summed E-state index contributed by atoms with van der Waals surface area (Å²) in [5.41, 5.74) is -0.588. The average molecular weight is 154 g/mol. The van der Waals surface area contributed by atoms with Crippen LogP contribution in [0.2, 0.25) is 0 Å². The van der Waals surface area contributed by atoms with Crippen LogP contribution in [0, 0.1) is 11.8 Å². The molecule has 0 radical (unpaired) electrons. The number of carbonyl (C=O) groups is 1. The molecule has 2 fully saturated rings. The van der Waals surface area contributed by atoms with E-state index >= 15 is 0 Å². The number of rotatable bonds is 0. The molecule has 11 heavy (non-hydrogen) atoms. The maximum Gasteiger partial charge on any atom is 0.170 e. The van der Waals surface area contributed by atoms with Gasteiger partial charge in [-0.05, 0) is 19.8 Å². The van der Waals surface area contributed by atoms with Gasteiger partial charge in [-0.15, -0.1) is 0 Å². The number of hydrogen-bond donors (Lipinski definition) is 0. The SMILES string of the molecule is C[C@@H]1C(=O)C2(C)OC2(C)[C@@H]1C. The second-order valence-electron chi connectivity index (χ2n) is 4.18. The first-order valence-corrected chi connectivity index (χ1v) is 4.18. The molecule has 62 valence electrons. The van der Waals surface area contributed by atoms with Gasteiger partial charge in [0.15, 0.2) is 11.4 Å². The zero-order chi connectivity index (χ0) is 8.44. The highest BCUT2D eigenvalue weighted by Gasteiger charge is 2.77. The van der Waals surface area contributed by atoms with Crippen LogP contribution >= 0.6 is 0 Å². The largest absolute Gasteiger partial charge is 0.354 e. The maximum atomic E-state index is 11.6. The molecular formula is C9H14O2. The Morgan fingerprint density at radius 2 is 1.91 bits per heavy atom. The summed E-state index contributed by atoms with van der Waals surface area (Å²) in [5, 5.41) is 0. The van der Waals surface area contributed by atoms with E-state index in [1.807, 2.05) is 20.8 Å². The monoisotopic (exact) mass is 154 g/mol. The van der Waals surface area contributed by atoms with Gasteiger partial charge in [0.2, 0.25) is 0 Å². The summed E-state index contributed by atoms with van der Waals surface area (Å²) < 4.78 is 5.47. The lowest BCUT2D eigenvalue weighted by Gasteiger charge is -2.14. The third-order valence-electron chi connectivity index (χ3n) is 3.82. The molecular weight excluding hydrogens is 140 g/mol. The van der Waals surface area contributed by atoms with Gasteiger partial charge in [-0.3, -0.25) is 4.79 Å².